The van der Waals surface area contributed by atoms with Crippen LogP contribution >= 0.6 is 0 Å². The van der Waals surface area contributed by atoms with Gasteiger partial charge < -0.3 is 5.11 Å². The maximum absolute atomic E-state index is 9.00. The van der Waals surface area contributed by atoms with Crippen molar-refractivity contribution in [3.05, 3.63) is 29.8 Å². The minimum Gasteiger partial charge on any atom is -0.508 e. The second kappa shape index (κ2) is 3.22. The third-order valence-electron chi connectivity index (χ3n) is 1.25. The van der Waals surface area contributed by atoms with Crippen LogP contribution in [0.15, 0.2) is 24.3 Å². The molecule has 0 aromatic heterocycles. The van der Waals surface area contributed by atoms with Gasteiger partial charge in [0.15, 0.2) is 0 Å². The highest BCUT2D eigenvalue weighted by atomic mass is 16.3. The van der Waals surface area contributed by atoms with E-state index in [4.69, 9.17) is 5.11 Å². The summed E-state index contributed by atoms with van der Waals surface area (Å²) < 4.78 is 0. The van der Waals surface area contributed by atoms with Gasteiger partial charge in [-0.3, -0.25) is 0 Å². The Balaban J connectivity index is 2.75. The fourth-order valence-corrected chi connectivity index (χ4v) is 0.837. The number of rotatable bonds is 2. The first-order valence-electron chi connectivity index (χ1n) is 3.16. The van der Waals surface area contributed by atoms with Crippen molar-refractivity contribution < 1.29 is 5.11 Å². The summed E-state index contributed by atoms with van der Waals surface area (Å²) in [5.41, 5.74) is 1.04. The average Bonchev–Trinajstić information content (AvgIpc) is 1.88. The van der Waals surface area contributed by atoms with Gasteiger partial charge in [-0.15, -0.1) is 0 Å². The summed E-state index contributed by atoms with van der Waals surface area (Å²) >= 11 is 0. The summed E-state index contributed by atoms with van der Waals surface area (Å²) in [6.45, 7) is 0.675. The molecule has 2 heteroatoms. The molecular weight excluding hydrogens is 126 g/mol. The van der Waals surface area contributed by atoms with Gasteiger partial charge >= 0.3 is 0 Å². The van der Waals surface area contributed by atoms with Crippen molar-refractivity contribution in [2.24, 2.45) is 0 Å². The van der Waals surface area contributed by atoms with Crippen LogP contribution in [0.1, 0.15) is 5.56 Å². The van der Waals surface area contributed by atoms with Gasteiger partial charge in [0.2, 0.25) is 0 Å². The van der Waals surface area contributed by atoms with Crippen LogP contribution in [0.5, 0.6) is 5.75 Å². The fourth-order valence-electron chi connectivity index (χ4n) is 0.837. The quantitative estimate of drug-likeness (QED) is 0.649. The first-order chi connectivity index (χ1) is 4.83. The Labute approximate surface area is 60.5 Å². The van der Waals surface area contributed by atoms with Gasteiger partial charge in [-0.1, -0.05) is 12.1 Å². The molecule has 53 valence electrons. The maximum atomic E-state index is 9.00. The van der Waals surface area contributed by atoms with E-state index in [2.05, 4.69) is 5.32 Å². The van der Waals surface area contributed by atoms with Crippen LogP contribution in [-0.2, 0) is 6.54 Å². The third-order valence-corrected chi connectivity index (χ3v) is 1.25. The van der Waals surface area contributed by atoms with E-state index in [-0.39, 0.29) is 0 Å². The van der Waals surface area contributed by atoms with Gasteiger partial charge in [-0.2, -0.15) is 0 Å². The summed E-state index contributed by atoms with van der Waals surface area (Å²) in [7, 11) is 1.75. The predicted molar refractivity (Wildman–Crippen MR) is 39.9 cm³/mol. The number of hydrogen-bond acceptors (Lipinski definition) is 1. The zero-order valence-corrected chi connectivity index (χ0v) is 5.91. The first kappa shape index (κ1) is 7.09. The van der Waals surface area contributed by atoms with Crippen molar-refractivity contribution in [2.75, 3.05) is 7.05 Å². The summed E-state index contributed by atoms with van der Waals surface area (Å²) in [5, 5.41) is 12.9. The van der Waals surface area contributed by atoms with E-state index in [0.717, 1.165) is 5.56 Å². The lowest BCUT2D eigenvalue weighted by molar-refractivity contribution is 0.474. The van der Waals surface area contributed by atoms with Crippen LogP contribution in [0.2, 0.25) is 0 Å². The number of phenolic OH excluding ortho intramolecular Hbond substituents is 1. The highest BCUT2D eigenvalue weighted by Crippen LogP contribution is 2.10. The van der Waals surface area contributed by atoms with E-state index >= 15 is 0 Å². The Hall–Kier alpha value is -1.02. The maximum Gasteiger partial charge on any atom is 0.115 e. The van der Waals surface area contributed by atoms with Crippen molar-refractivity contribution in [2.45, 2.75) is 6.54 Å². The van der Waals surface area contributed by atoms with Crippen LogP contribution in [0, 0.1) is 0 Å². The molecular formula is C8H10NO. The molecule has 0 heterocycles. The summed E-state index contributed by atoms with van der Waals surface area (Å²) in [6, 6.07) is 7.12. The molecule has 0 saturated heterocycles. The van der Waals surface area contributed by atoms with E-state index < -0.39 is 0 Å². The molecule has 0 fully saturated rings. The van der Waals surface area contributed by atoms with Crippen LogP contribution < -0.4 is 5.32 Å². The van der Waals surface area contributed by atoms with Crippen LogP contribution in [0.4, 0.5) is 0 Å². The Morgan fingerprint density at radius 3 is 2.90 bits per heavy atom. The molecule has 1 N–H and O–H groups in total. The molecule has 1 radical (unpaired) electrons. The fraction of sp³-hybridized carbons (Fsp3) is 0.250. The molecule has 0 aliphatic heterocycles. The van der Waals surface area contributed by atoms with Gasteiger partial charge in [0, 0.05) is 13.6 Å². The summed E-state index contributed by atoms with van der Waals surface area (Å²) in [4.78, 5) is 0. The molecule has 0 saturated carbocycles. The molecule has 1 aromatic rings. The molecule has 0 aliphatic rings. The van der Waals surface area contributed by atoms with Crippen LogP contribution in [0.25, 0.3) is 0 Å². The van der Waals surface area contributed by atoms with Gasteiger partial charge in [0.25, 0.3) is 0 Å². The zero-order chi connectivity index (χ0) is 7.40. The molecule has 1 rings (SSSR count). The van der Waals surface area contributed by atoms with Crippen LogP contribution in [0.3, 0.4) is 0 Å². The molecule has 0 atom stereocenters. The lowest BCUT2D eigenvalue weighted by atomic mass is 10.2. The standard InChI is InChI=1S/C8H10NO/c1-9-6-7-3-2-4-8(10)5-7/h2-5,10H,6H2,1H3. The Bertz CT molecular complexity index is 210. The lowest BCUT2D eigenvalue weighted by Gasteiger charge is -1.97. The minimum absolute atomic E-state index is 0.307. The molecule has 0 aliphatic carbocycles. The van der Waals surface area contributed by atoms with Gasteiger partial charge in [0.05, 0.1) is 0 Å². The van der Waals surface area contributed by atoms with Crippen molar-refractivity contribution in [3.8, 4) is 5.75 Å². The number of aromatic hydroxyl groups is 1. The monoisotopic (exact) mass is 136 g/mol. The molecule has 0 unspecified atom stereocenters. The SMILES string of the molecule is C[N]Cc1cccc(O)c1. The predicted octanol–water partition coefficient (Wildman–Crippen LogP) is 1.13. The summed E-state index contributed by atoms with van der Waals surface area (Å²) in [6.07, 6.45) is 0. The highest BCUT2D eigenvalue weighted by molar-refractivity contribution is 5.26. The van der Waals surface area contributed by atoms with E-state index in [0.29, 0.717) is 12.3 Å². The Morgan fingerprint density at radius 2 is 2.30 bits per heavy atom. The largest absolute Gasteiger partial charge is 0.508 e. The zero-order valence-electron chi connectivity index (χ0n) is 5.91. The number of hydrogen-bond donors (Lipinski definition) is 1. The van der Waals surface area contributed by atoms with Crippen molar-refractivity contribution in [1.82, 2.24) is 5.32 Å². The van der Waals surface area contributed by atoms with Crippen molar-refractivity contribution >= 4 is 0 Å². The molecule has 10 heavy (non-hydrogen) atoms. The van der Waals surface area contributed by atoms with Gasteiger partial charge in [-0.25, -0.2) is 5.32 Å². The van der Waals surface area contributed by atoms with E-state index in [1.165, 1.54) is 0 Å². The lowest BCUT2D eigenvalue weighted by Crippen LogP contribution is -1.95. The first-order valence-corrected chi connectivity index (χ1v) is 3.16. The number of nitrogens with zero attached hydrogens (tertiary/aromatic N) is 1. The molecule has 0 spiro atoms. The molecule has 1 aromatic carbocycles. The third kappa shape index (κ3) is 1.74. The smallest absolute Gasteiger partial charge is 0.115 e. The van der Waals surface area contributed by atoms with Crippen LogP contribution in [-0.4, -0.2) is 12.2 Å². The van der Waals surface area contributed by atoms with E-state index in [1.54, 1.807) is 19.2 Å². The van der Waals surface area contributed by atoms with E-state index in [1.807, 2.05) is 12.1 Å². The van der Waals surface area contributed by atoms with E-state index in [9.17, 15) is 0 Å². The average molecular weight is 136 g/mol. The minimum atomic E-state index is 0.307. The second-order valence-electron chi connectivity index (χ2n) is 2.14. The molecule has 0 amide bonds. The molecule has 0 bridgehead atoms. The highest BCUT2D eigenvalue weighted by Gasteiger charge is 1.90. The normalized spacial score (nSPS) is 9.70. The Morgan fingerprint density at radius 1 is 1.50 bits per heavy atom. The van der Waals surface area contributed by atoms with Gasteiger partial charge in [0.1, 0.15) is 5.75 Å². The topological polar surface area (TPSA) is 34.3 Å². The molecule has 2 nitrogen and oxygen atoms in total. The summed E-state index contributed by atoms with van der Waals surface area (Å²) in [5.74, 6) is 0.307. The number of benzene rings is 1. The second-order valence-corrected chi connectivity index (χ2v) is 2.14. The van der Waals surface area contributed by atoms with Gasteiger partial charge in [-0.05, 0) is 17.7 Å². The van der Waals surface area contributed by atoms with Crippen molar-refractivity contribution in [1.29, 1.82) is 0 Å². The van der Waals surface area contributed by atoms with Crippen molar-refractivity contribution in [3.63, 3.8) is 0 Å². The Kier molecular flexibility index (Phi) is 2.29. The number of phenols is 1.